The standard InChI is InChI=1S/C16H18N4O4/c21-11-7-10(8-11)15(12-3-1-2-5-17-12)18-14(23)9-20-6-4-13(22)19-16(20)24/h1-6,10-11,15,21H,7-9H2,(H,18,23)(H,19,22,24)/t10?,11?,15-/m0/s1. The van der Waals surface area contributed by atoms with Gasteiger partial charge in [0.15, 0.2) is 0 Å². The van der Waals surface area contributed by atoms with E-state index in [4.69, 9.17) is 0 Å². The Morgan fingerprint density at radius 1 is 1.38 bits per heavy atom. The number of H-pyrrole nitrogens is 1. The largest absolute Gasteiger partial charge is 0.393 e. The third-order valence-corrected chi connectivity index (χ3v) is 4.15. The summed E-state index contributed by atoms with van der Waals surface area (Å²) in [7, 11) is 0. The molecular formula is C16H18N4O4. The summed E-state index contributed by atoms with van der Waals surface area (Å²) in [5.74, 6) is -0.257. The fraction of sp³-hybridized carbons (Fsp3) is 0.375. The molecule has 126 valence electrons. The third kappa shape index (κ3) is 3.60. The highest BCUT2D eigenvalue weighted by molar-refractivity contribution is 5.76. The number of carbonyl (C=O) groups is 1. The number of aliphatic hydroxyl groups is 1. The Bertz CT molecular complexity index is 824. The number of amides is 1. The molecule has 1 atom stereocenters. The quantitative estimate of drug-likeness (QED) is 0.687. The van der Waals surface area contributed by atoms with Crippen molar-refractivity contribution in [3.63, 3.8) is 0 Å². The molecule has 1 aliphatic rings. The van der Waals surface area contributed by atoms with Crippen LogP contribution in [0, 0.1) is 5.92 Å². The highest BCUT2D eigenvalue weighted by Gasteiger charge is 2.36. The van der Waals surface area contributed by atoms with Crippen LogP contribution in [0.15, 0.2) is 46.2 Å². The first-order valence-corrected chi connectivity index (χ1v) is 7.71. The van der Waals surface area contributed by atoms with E-state index in [1.165, 1.54) is 12.3 Å². The maximum Gasteiger partial charge on any atom is 0.328 e. The molecule has 2 heterocycles. The molecule has 0 bridgehead atoms. The smallest absolute Gasteiger partial charge is 0.328 e. The van der Waals surface area contributed by atoms with Crippen LogP contribution in [-0.4, -0.2) is 31.7 Å². The number of aliphatic hydroxyl groups excluding tert-OH is 1. The van der Waals surface area contributed by atoms with Gasteiger partial charge in [-0.1, -0.05) is 6.07 Å². The van der Waals surface area contributed by atoms with Crippen molar-refractivity contribution in [1.29, 1.82) is 0 Å². The number of hydrogen-bond donors (Lipinski definition) is 3. The van der Waals surface area contributed by atoms with Gasteiger partial charge in [0, 0.05) is 18.5 Å². The van der Waals surface area contributed by atoms with E-state index >= 15 is 0 Å². The monoisotopic (exact) mass is 330 g/mol. The number of nitrogens with zero attached hydrogens (tertiary/aromatic N) is 2. The normalized spacial score (nSPS) is 20.9. The Labute approximate surface area is 137 Å². The second kappa shape index (κ2) is 6.79. The molecule has 2 aromatic rings. The molecule has 3 rings (SSSR count). The minimum Gasteiger partial charge on any atom is -0.393 e. The van der Waals surface area contributed by atoms with E-state index in [0.29, 0.717) is 12.8 Å². The zero-order valence-corrected chi connectivity index (χ0v) is 12.9. The van der Waals surface area contributed by atoms with Gasteiger partial charge in [0.2, 0.25) is 5.91 Å². The maximum absolute atomic E-state index is 12.3. The van der Waals surface area contributed by atoms with Gasteiger partial charge in [0.05, 0.1) is 17.8 Å². The lowest BCUT2D eigenvalue weighted by atomic mass is 9.76. The molecule has 1 fully saturated rings. The molecule has 8 nitrogen and oxygen atoms in total. The molecule has 0 spiro atoms. The zero-order valence-electron chi connectivity index (χ0n) is 12.9. The summed E-state index contributed by atoms with van der Waals surface area (Å²) in [4.78, 5) is 41.4. The fourth-order valence-corrected chi connectivity index (χ4v) is 2.84. The van der Waals surface area contributed by atoms with Crippen molar-refractivity contribution in [3.05, 3.63) is 63.2 Å². The van der Waals surface area contributed by atoms with Gasteiger partial charge in [0.1, 0.15) is 6.54 Å². The van der Waals surface area contributed by atoms with Gasteiger partial charge in [0.25, 0.3) is 5.56 Å². The average molecular weight is 330 g/mol. The Morgan fingerprint density at radius 3 is 2.79 bits per heavy atom. The van der Waals surface area contributed by atoms with Gasteiger partial charge < -0.3 is 10.4 Å². The Morgan fingerprint density at radius 2 is 2.17 bits per heavy atom. The molecule has 2 aromatic heterocycles. The molecule has 8 heteroatoms. The van der Waals surface area contributed by atoms with Gasteiger partial charge in [-0.25, -0.2) is 4.79 Å². The SMILES string of the molecule is O=C(Cn1ccc(=O)[nH]c1=O)N[C@H](c1ccccn1)C1CC(O)C1. The van der Waals surface area contributed by atoms with E-state index in [2.05, 4.69) is 15.3 Å². The minimum atomic E-state index is -0.633. The molecule has 0 saturated heterocycles. The summed E-state index contributed by atoms with van der Waals surface area (Å²) in [5, 5.41) is 12.4. The van der Waals surface area contributed by atoms with Gasteiger partial charge in [-0.15, -0.1) is 0 Å². The van der Waals surface area contributed by atoms with E-state index in [1.54, 1.807) is 12.3 Å². The Kier molecular flexibility index (Phi) is 4.57. The Hall–Kier alpha value is -2.74. The van der Waals surface area contributed by atoms with Gasteiger partial charge in [-0.05, 0) is 30.9 Å². The van der Waals surface area contributed by atoms with Crippen molar-refractivity contribution in [2.24, 2.45) is 5.92 Å². The van der Waals surface area contributed by atoms with E-state index in [0.717, 1.165) is 10.3 Å². The summed E-state index contributed by atoms with van der Waals surface area (Å²) in [6.07, 6.45) is 3.78. The van der Waals surface area contributed by atoms with Crippen LogP contribution >= 0.6 is 0 Å². The van der Waals surface area contributed by atoms with Crippen LogP contribution < -0.4 is 16.6 Å². The number of aromatic amines is 1. The van der Waals surface area contributed by atoms with Gasteiger partial charge in [-0.3, -0.25) is 24.1 Å². The van der Waals surface area contributed by atoms with Crippen molar-refractivity contribution in [3.8, 4) is 0 Å². The lowest BCUT2D eigenvalue weighted by Crippen LogP contribution is -2.43. The molecule has 1 aliphatic carbocycles. The molecule has 1 amide bonds. The third-order valence-electron chi connectivity index (χ3n) is 4.15. The van der Waals surface area contributed by atoms with Crippen molar-refractivity contribution in [1.82, 2.24) is 19.9 Å². The summed E-state index contributed by atoms with van der Waals surface area (Å²) >= 11 is 0. The summed E-state index contributed by atoms with van der Waals surface area (Å²) < 4.78 is 1.13. The number of rotatable bonds is 5. The van der Waals surface area contributed by atoms with Crippen LogP contribution in [0.2, 0.25) is 0 Å². The van der Waals surface area contributed by atoms with Gasteiger partial charge in [-0.2, -0.15) is 0 Å². The predicted molar refractivity (Wildman–Crippen MR) is 85.2 cm³/mol. The van der Waals surface area contributed by atoms with Crippen LogP contribution in [0.5, 0.6) is 0 Å². The van der Waals surface area contributed by atoms with Crippen LogP contribution in [0.4, 0.5) is 0 Å². The van der Waals surface area contributed by atoms with Crippen LogP contribution in [0.3, 0.4) is 0 Å². The highest BCUT2D eigenvalue weighted by atomic mass is 16.3. The van der Waals surface area contributed by atoms with Crippen LogP contribution in [0.25, 0.3) is 0 Å². The van der Waals surface area contributed by atoms with E-state index in [-0.39, 0.29) is 30.5 Å². The number of aromatic nitrogens is 3. The first-order valence-electron chi connectivity index (χ1n) is 7.71. The first kappa shape index (κ1) is 16.1. The molecule has 1 saturated carbocycles. The maximum atomic E-state index is 12.3. The van der Waals surface area contributed by atoms with Crippen molar-refractivity contribution >= 4 is 5.91 Å². The highest BCUT2D eigenvalue weighted by Crippen LogP contribution is 2.37. The number of hydrogen-bond acceptors (Lipinski definition) is 5. The van der Waals surface area contributed by atoms with Crippen molar-refractivity contribution < 1.29 is 9.90 Å². The van der Waals surface area contributed by atoms with Gasteiger partial charge >= 0.3 is 5.69 Å². The summed E-state index contributed by atoms with van der Waals surface area (Å²) in [6, 6.07) is 6.32. The summed E-state index contributed by atoms with van der Waals surface area (Å²) in [6.45, 7) is -0.200. The number of carbonyl (C=O) groups excluding carboxylic acids is 1. The molecule has 0 unspecified atom stereocenters. The number of pyridine rings is 1. The molecule has 0 aromatic carbocycles. The van der Waals surface area contributed by atoms with E-state index in [1.807, 2.05) is 12.1 Å². The Balaban J connectivity index is 1.73. The lowest BCUT2D eigenvalue weighted by molar-refractivity contribution is -0.123. The topological polar surface area (TPSA) is 117 Å². The van der Waals surface area contributed by atoms with Crippen molar-refractivity contribution in [2.45, 2.75) is 31.5 Å². The molecule has 0 aliphatic heterocycles. The van der Waals surface area contributed by atoms with E-state index in [9.17, 15) is 19.5 Å². The molecular weight excluding hydrogens is 312 g/mol. The average Bonchev–Trinajstić information content (AvgIpc) is 2.53. The predicted octanol–water partition coefficient (Wildman–Crippen LogP) is -0.440. The zero-order chi connectivity index (χ0) is 17.1. The van der Waals surface area contributed by atoms with Crippen LogP contribution in [0.1, 0.15) is 24.6 Å². The van der Waals surface area contributed by atoms with Crippen molar-refractivity contribution in [2.75, 3.05) is 0 Å². The number of nitrogens with one attached hydrogen (secondary N) is 2. The van der Waals surface area contributed by atoms with E-state index < -0.39 is 11.2 Å². The second-order valence-corrected chi connectivity index (χ2v) is 5.92. The molecule has 3 N–H and O–H groups in total. The minimum absolute atomic E-state index is 0.103. The lowest BCUT2D eigenvalue weighted by Gasteiger charge is -2.37. The van der Waals surface area contributed by atoms with Crippen LogP contribution in [-0.2, 0) is 11.3 Å². The molecule has 0 radical (unpaired) electrons. The summed E-state index contributed by atoms with van der Waals surface area (Å²) in [5.41, 5.74) is -0.422. The first-order chi connectivity index (χ1) is 11.5. The molecule has 24 heavy (non-hydrogen) atoms. The fourth-order valence-electron chi connectivity index (χ4n) is 2.84. The second-order valence-electron chi connectivity index (χ2n) is 5.92.